The highest BCUT2D eigenvalue weighted by Crippen LogP contribution is 2.40. The van der Waals surface area contributed by atoms with Gasteiger partial charge in [0, 0.05) is 17.3 Å². The van der Waals surface area contributed by atoms with Crippen molar-refractivity contribution in [2.24, 2.45) is 0 Å². The summed E-state index contributed by atoms with van der Waals surface area (Å²) < 4.78 is 12.3. The Morgan fingerprint density at radius 2 is 2.00 bits per heavy atom. The molecule has 0 radical (unpaired) electrons. The Bertz CT molecular complexity index is 466. The van der Waals surface area contributed by atoms with E-state index in [1.165, 1.54) is 11.1 Å². The van der Waals surface area contributed by atoms with Crippen molar-refractivity contribution < 1.29 is 9.47 Å². The van der Waals surface area contributed by atoms with Crippen LogP contribution < -0.4 is 4.74 Å². The Hall–Kier alpha value is -0.540. The number of halogens is 1. The fraction of sp³-hybridized carbons (Fsp3) is 0.625. The van der Waals surface area contributed by atoms with Gasteiger partial charge in [0.2, 0.25) is 0 Å². The minimum atomic E-state index is -0.252. The number of hydrogen-bond donors (Lipinski definition) is 0. The molecule has 0 amide bonds. The molecule has 106 valence electrons. The van der Waals surface area contributed by atoms with Gasteiger partial charge in [0.25, 0.3) is 0 Å². The van der Waals surface area contributed by atoms with Gasteiger partial charge in [-0.15, -0.1) is 0 Å². The van der Waals surface area contributed by atoms with Crippen LogP contribution in [0, 0.1) is 6.92 Å². The molecule has 1 aromatic rings. The van der Waals surface area contributed by atoms with Crippen molar-refractivity contribution in [2.45, 2.75) is 63.7 Å². The summed E-state index contributed by atoms with van der Waals surface area (Å²) in [5.41, 5.74) is 2.08. The number of ether oxygens (including phenoxy) is 2. The first-order valence-electron chi connectivity index (χ1n) is 6.76. The lowest BCUT2D eigenvalue weighted by molar-refractivity contribution is -0.0846. The Labute approximate surface area is 124 Å². The van der Waals surface area contributed by atoms with Crippen molar-refractivity contribution in [1.29, 1.82) is 0 Å². The summed E-state index contributed by atoms with van der Waals surface area (Å²) in [4.78, 5) is 0. The van der Waals surface area contributed by atoms with E-state index in [4.69, 9.17) is 9.47 Å². The number of benzene rings is 1. The molecule has 0 aromatic heterocycles. The topological polar surface area (TPSA) is 18.5 Å². The highest BCUT2D eigenvalue weighted by molar-refractivity contribution is 9.08. The number of alkyl halides is 1. The Morgan fingerprint density at radius 1 is 1.32 bits per heavy atom. The lowest BCUT2D eigenvalue weighted by atomic mass is 9.97. The number of rotatable bonds is 3. The van der Waals surface area contributed by atoms with Crippen molar-refractivity contribution in [3.05, 3.63) is 29.3 Å². The first kappa shape index (κ1) is 14.9. The molecule has 0 aliphatic carbocycles. The molecule has 1 fully saturated rings. The third-order valence-corrected chi connectivity index (χ3v) is 4.23. The molecule has 0 spiro atoms. The normalized spacial score (nSPS) is 24.4. The molecule has 0 N–H and O–H groups in total. The van der Waals surface area contributed by atoms with Crippen LogP contribution in [0.5, 0.6) is 5.75 Å². The predicted octanol–water partition coefficient (Wildman–Crippen LogP) is 4.61. The van der Waals surface area contributed by atoms with Crippen molar-refractivity contribution in [1.82, 2.24) is 0 Å². The van der Waals surface area contributed by atoms with Crippen molar-refractivity contribution in [3.63, 3.8) is 0 Å². The SMILES string of the molecule is Cc1ccc(OC2CC(C)(C)OC2(C)C)c(CBr)c1. The van der Waals surface area contributed by atoms with E-state index < -0.39 is 0 Å². The van der Waals surface area contributed by atoms with Crippen LogP contribution in [-0.2, 0) is 10.1 Å². The maximum atomic E-state index is 6.25. The van der Waals surface area contributed by atoms with Gasteiger partial charge < -0.3 is 9.47 Å². The highest BCUT2D eigenvalue weighted by Gasteiger charge is 2.47. The first-order valence-corrected chi connectivity index (χ1v) is 7.88. The van der Waals surface area contributed by atoms with Crippen LogP contribution in [0.15, 0.2) is 18.2 Å². The molecule has 1 aliphatic rings. The number of hydrogen-bond acceptors (Lipinski definition) is 2. The van der Waals surface area contributed by atoms with E-state index in [1.54, 1.807) is 0 Å². The van der Waals surface area contributed by atoms with E-state index in [0.717, 1.165) is 17.5 Å². The maximum absolute atomic E-state index is 6.25. The quantitative estimate of drug-likeness (QED) is 0.755. The van der Waals surface area contributed by atoms with Crippen LogP contribution in [0.2, 0.25) is 0 Å². The molecule has 1 saturated heterocycles. The zero-order chi connectivity index (χ0) is 14.3. The Balaban J connectivity index is 2.22. The van der Waals surface area contributed by atoms with Crippen LogP contribution in [-0.4, -0.2) is 17.3 Å². The molecule has 1 atom stereocenters. The summed E-state index contributed by atoms with van der Waals surface area (Å²) in [6, 6.07) is 6.32. The summed E-state index contributed by atoms with van der Waals surface area (Å²) in [7, 11) is 0. The molecule has 1 aliphatic heterocycles. The van der Waals surface area contributed by atoms with Gasteiger partial charge in [-0.1, -0.05) is 33.6 Å². The van der Waals surface area contributed by atoms with Gasteiger partial charge >= 0.3 is 0 Å². The van der Waals surface area contributed by atoms with Gasteiger partial charge in [-0.05, 0) is 40.7 Å². The monoisotopic (exact) mass is 326 g/mol. The lowest BCUT2D eigenvalue weighted by Gasteiger charge is -2.28. The molecule has 3 heteroatoms. The standard InChI is InChI=1S/C16H23BrO2/c1-11-6-7-13(12(8-11)10-17)18-14-9-15(2,3)19-16(14,4)5/h6-8,14H,9-10H2,1-5H3. The fourth-order valence-corrected chi connectivity index (χ4v) is 3.21. The second-order valence-electron chi connectivity index (χ2n) is 6.52. The van der Waals surface area contributed by atoms with E-state index >= 15 is 0 Å². The summed E-state index contributed by atoms with van der Waals surface area (Å²) in [6.45, 7) is 10.6. The largest absolute Gasteiger partial charge is 0.487 e. The second kappa shape index (κ2) is 5.10. The minimum absolute atomic E-state index is 0.0861. The van der Waals surface area contributed by atoms with E-state index in [9.17, 15) is 0 Å². The molecular weight excluding hydrogens is 304 g/mol. The average Bonchev–Trinajstić information content (AvgIpc) is 2.49. The summed E-state index contributed by atoms with van der Waals surface area (Å²) in [5, 5.41) is 0.807. The van der Waals surface area contributed by atoms with Gasteiger partial charge in [-0.3, -0.25) is 0 Å². The van der Waals surface area contributed by atoms with Crippen LogP contribution in [0.25, 0.3) is 0 Å². The molecule has 19 heavy (non-hydrogen) atoms. The molecule has 2 nitrogen and oxygen atoms in total. The van der Waals surface area contributed by atoms with Crippen LogP contribution in [0.1, 0.15) is 45.2 Å². The minimum Gasteiger partial charge on any atom is -0.487 e. The summed E-state index contributed by atoms with van der Waals surface area (Å²) >= 11 is 3.53. The second-order valence-corrected chi connectivity index (χ2v) is 7.08. The average molecular weight is 327 g/mol. The van der Waals surface area contributed by atoms with Gasteiger partial charge in [-0.25, -0.2) is 0 Å². The van der Waals surface area contributed by atoms with E-state index in [-0.39, 0.29) is 17.3 Å². The van der Waals surface area contributed by atoms with Crippen molar-refractivity contribution in [2.75, 3.05) is 0 Å². The zero-order valence-electron chi connectivity index (χ0n) is 12.4. The number of aryl methyl sites for hydroxylation is 1. The molecule has 2 rings (SSSR count). The van der Waals surface area contributed by atoms with Gasteiger partial charge in [0.05, 0.1) is 5.60 Å². The predicted molar refractivity (Wildman–Crippen MR) is 82.1 cm³/mol. The van der Waals surface area contributed by atoms with Crippen LogP contribution >= 0.6 is 15.9 Å². The lowest BCUT2D eigenvalue weighted by Crippen LogP contribution is -2.36. The summed E-state index contributed by atoms with van der Waals surface area (Å²) in [6.07, 6.45) is 0.998. The smallest absolute Gasteiger partial charge is 0.130 e. The molecule has 0 bridgehead atoms. The van der Waals surface area contributed by atoms with E-state index in [1.807, 2.05) is 0 Å². The Morgan fingerprint density at radius 3 is 2.53 bits per heavy atom. The highest BCUT2D eigenvalue weighted by atomic mass is 79.9. The Kier molecular flexibility index (Phi) is 3.99. The zero-order valence-corrected chi connectivity index (χ0v) is 14.0. The van der Waals surface area contributed by atoms with Gasteiger partial charge in [0.15, 0.2) is 0 Å². The van der Waals surface area contributed by atoms with Gasteiger partial charge in [0.1, 0.15) is 17.5 Å². The fourth-order valence-electron chi connectivity index (χ4n) is 2.78. The van der Waals surface area contributed by atoms with E-state index in [0.29, 0.717) is 0 Å². The van der Waals surface area contributed by atoms with Crippen LogP contribution in [0.3, 0.4) is 0 Å². The van der Waals surface area contributed by atoms with Crippen LogP contribution in [0.4, 0.5) is 0 Å². The molecular formula is C16H23BrO2. The maximum Gasteiger partial charge on any atom is 0.130 e. The third-order valence-electron chi connectivity index (χ3n) is 3.62. The molecule has 0 saturated carbocycles. The van der Waals surface area contributed by atoms with E-state index in [2.05, 4.69) is 68.7 Å². The summed E-state index contributed by atoms with van der Waals surface area (Å²) in [5.74, 6) is 0.960. The molecule has 1 aromatic carbocycles. The first-order chi connectivity index (χ1) is 8.73. The van der Waals surface area contributed by atoms with Crippen molar-refractivity contribution in [3.8, 4) is 5.75 Å². The van der Waals surface area contributed by atoms with Gasteiger partial charge in [-0.2, -0.15) is 0 Å². The third kappa shape index (κ3) is 3.32. The molecule has 1 heterocycles. The van der Waals surface area contributed by atoms with Crippen molar-refractivity contribution >= 4 is 15.9 Å². The molecule has 1 unspecified atom stereocenters.